The van der Waals surface area contributed by atoms with Crippen LogP contribution in [0.4, 0.5) is 0 Å². The molecule has 0 spiro atoms. The van der Waals surface area contributed by atoms with E-state index in [4.69, 9.17) is 0 Å². The molecule has 0 amide bonds. The van der Waals surface area contributed by atoms with Crippen molar-refractivity contribution in [2.75, 3.05) is 0 Å². The molecule has 0 atom stereocenters. The van der Waals surface area contributed by atoms with Crippen LogP contribution >= 0.6 is 31.9 Å². The van der Waals surface area contributed by atoms with Crippen molar-refractivity contribution < 1.29 is 0 Å². The van der Waals surface area contributed by atoms with Crippen molar-refractivity contribution in [3.63, 3.8) is 0 Å². The van der Waals surface area contributed by atoms with E-state index in [1.54, 1.807) is 0 Å². The van der Waals surface area contributed by atoms with Crippen LogP contribution in [0.3, 0.4) is 0 Å². The summed E-state index contributed by atoms with van der Waals surface area (Å²) in [7, 11) is 2.08. The number of aromatic nitrogens is 1. The van der Waals surface area contributed by atoms with Crippen LogP contribution in [0.25, 0.3) is 11.3 Å². The van der Waals surface area contributed by atoms with Crippen LogP contribution in [0, 0.1) is 6.92 Å². The third-order valence-electron chi connectivity index (χ3n) is 2.60. The fourth-order valence-electron chi connectivity index (χ4n) is 1.64. The molecule has 3 heteroatoms. The van der Waals surface area contributed by atoms with Crippen molar-refractivity contribution in [1.82, 2.24) is 4.57 Å². The lowest BCUT2D eigenvalue weighted by Crippen LogP contribution is -1.93. The maximum atomic E-state index is 3.62. The maximum absolute atomic E-state index is 3.62. The topological polar surface area (TPSA) is 4.93 Å². The van der Waals surface area contributed by atoms with Crippen LogP contribution in [-0.2, 0) is 7.05 Å². The molecule has 1 heterocycles. The molecule has 0 radical (unpaired) electrons. The predicted octanol–water partition coefficient (Wildman–Crippen LogP) is 4.53. The summed E-state index contributed by atoms with van der Waals surface area (Å²) in [6.07, 6.45) is 0. The Morgan fingerprint density at radius 3 is 2.07 bits per heavy atom. The second kappa shape index (κ2) is 4.14. The Morgan fingerprint density at radius 2 is 1.60 bits per heavy atom. The lowest BCUT2D eigenvalue weighted by Gasteiger charge is -2.05. The molecular weight excluding hydrogens is 318 g/mol. The Hall–Kier alpha value is -0.540. The monoisotopic (exact) mass is 327 g/mol. The number of hydrogen-bond acceptors (Lipinski definition) is 0. The van der Waals surface area contributed by atoms with Gasteiger partial charge in [0.2, 0.25) is 0 Å². The number of benzene rings is 1. The summed E-state index contributed by atoms with van der Waals surface area (Å²) in [4.78, 5) is 0. The van der Waals surface area contributed by atoms with Crippen molar-refractivity contribution in [1.29, 1.82) is 0 Å². The van der Waals surface area contributed by atoms with Gasteiger partial charge in [0.25, 0.3) is 0 Å². The first-order valence-electron chi connectivity index (χ1n) is 4.68. The van der Waals surface area contributed by atoms with Gasteiger partial charge in [-0.25, -0.2) is 0 Å². The summed E-state index contributed by atoms with van der Waals surface area (Å²) in [6.45, 7) is 2.10. The average Bonchev–Trinajstić information content (AvgIpc) is 2.45. The summed E-state index contributed by atoms with van der Waals surface area (Å²) in [6, 6.07) is 10.4. The van der Waals surface area contributed by atoms with Gasteiger partial charge in [0.1, 0.15) is 0 Å². The Balaban J connectivity index is 2.69. The lowest BCUT2D eigenvalue weighted by atomic mass is 10.1. The largest absolute Gasteiger partial charge is 0.346 e. The van der Waals surface area contributed by atoms with Crippen molar-refractivity contribution in [3.05, 3.63) is 45.0 Å². The van der Waals surface area contributed by atoms with E-state index < -0.39 is 0 Å². The summed E-state index contributed by atoms with van der Waals surface area (Å²) < 4.78 is 4.43. The highest BCUT2D eigenvalue weighted by Crippen LogP contribution is 2.38. The minimum atomic E-state index is 1.12. The van der Waals surface area contributed by atoms with Gasteiger partial charge in [0, 0.05) is 12.7 Å². The van der Waals surface area contributed by atoms with Crippen LogP contribution in [-0.4, -0.2) is 4.57 Å². The van der Waals surface area contributed by atoms with E-state index in [0.717, 1.165) is 8.95 Å². The van der Waals surface area contributed by atoms with E-state index in [9.17, 15) is 0 Å². The highest BCUT2D eigenvalue weighted by Gasteiger charge is 2.15. The molecule has 15 heavy (non-hydrogen) atoms. The average molecular weight is 329 g/mol. The normalized spacial score (nSPS) is 10.7. The molecular formula is C12H11Br2N. The molecule has 1 aromatic heterocycles. The summed E-state index contributed by atoms with van der Waals surface area (Å²) in [5, 5.41) is 0. The van der Waals surface area contributed by atoms with E-state index in [1.165, 1.54) is 17.0 Å². The zero-order valence-corrected chi connectivity index (χ0v) is 11.8. The second-order valence-corrected chi connectivity index (χ2v) is 5.07. The SMILES string of the molecule is Cc1c(Br)c(Br)c(-c2ccccc2)n1C. The smallest absolute Gasteiger partial charge is 0.0636 e. The number of hydrogen-bond donors (Lipinski definition) is 0. The summed E-state index contributed by atoms with van der Waals surface area (Å²) in [5.74, 6) is 0. The van der Waals surface area contributed by atoms with E-state index in [0.29, 0.717) is 0 Å². The van der Waals surface area contributed by atoms with Gasteiger partial charge in [-0.05, 0) is 44.3 Å². The van der Waals surface area contributed by atoms with Gasteiger partial charge in [0.05, 0.1) is 14.6 Å². The van der Waals surface area contributed by atoms with Crippen LogP contribution in [0.5, 0.6) is 0 Å². The first-order chi connectivity index (χ1) is 7.13. The number of nitrogens with zero attached hydrogens (tertiary/aromatic N) is 1. The zero-order valence-electron chi connectivity index (χ0n) is 8.59. The molecule has 0 aliphatic carbocycles. The Labute approximate surface area is 106 Å². The standard InChI is InChI=1S/C12H11Br2N/c1-8-10(13)11(14)12(15(8)2)9-6-4-3-5-7-9/h3-7H,1-2H3. The molecule has 0 fully saturated rings. The maximum Gasteiger partial charge on any atom is 0.0636 e. The molecule has 2 rings (SSSR count). The van der Waals surface area contributed by atoms with Crippen molar-refractivity contribution in [2.24, 2.45) is 7.05 Å². The molecule has 0 aliphatic heterocycles. The highest BCUT2D eigenvalue weighted by molar-refractivity contribution is 9.13. The van der Waals surface area contributed by atoms with Gasteiger partial charge in [-0.3, -0.25) is 0 Å². The van der Waals surface area contributed by atoms with Gasteiger partial charge in [-0.1, -0.05) is 30.3 Å². The molecule has 0 saturated heterocycles. The third kappa shape index (κ3) is 1.79. The summed E-state index contributed by atoms with van der Waals surface area (Å²) >= 11 is 7.20. The lowest BCUT2D eigenvalue weighted by molar-refractivity contribution is 0.887. The molecule has 0 aliphatic rings. The van der Waals surface area contributed by atoms with E-state index in [2.05, 4.69) is 74.7 Å². The van der Waals surface area contributed by atoms with Gasteiger partial charge in [0.15, 0.2) is 0 Å². The highest BCUT2D eigenvalue weighted by atomic mass is 79.9. The molecule has 0 saturated carbocycles. The summed E-state index contributed by atoms with van der Waals surface area (Å²) in [5.41, 5.74) is 3.65. The molecule has 78 valence electrons. The molecule has 1 aromatic carbocycles. The van der Waals surface area contributed by atoms with E-state index in [-0.39, 0.29) is 0 Å². The fraction of sp³-hybridized carbons (Fsp3) is 0.167. The minimum Gasteiger partial charge on any atom is -0.346 e. The first-order valence-corrected chi connectivity index (χ1v) is 6.27. The Kier molecular flexibility index (Phi) is 3.03. The minimum absolute atomic E-state index is 1.12. The van der Waals surface area contributed by atoms with Gasteiger partial charge < -0.3 is 4.57 Å². The zero-order chi connectivity index (χ0) is 11.0. The Bertz CT molecular complexity index is 461. The van der Waals surface area contributed by atoms with Gasteiger partial charge in [-0.15, -0.1) is 0 Å². The molecule has 0 N–H and O–H groups in total. The Morgan fingerprint density at radius 1 is 1.00 bits per heavy atom. The van der Waals surface area contributed by atoms with Gasteiger partial charge >= 0.3 is 0 Å². The second-order valence-electron chi connectivity index (χ2n) is 3.49. The molecule has 0 unspecified atom stereocenters. The third-order valence-corrected chi connectivity index (χ3v) is 4.88. The van der Waals surface area contributed by atoms with Crippen LogP contribution in [0.15, 0.2) is 39.3 Å². The van der Waals surface area contributed by atoms with Crippen LogP contribution < -0.4 is 0 Å². The predicted molar refractivity (Wildman–Crippen MR) is 71.0 cm³/mol. The van der Waals surface area contributed by atoms with Crippen molar-refractivity contribution >= 4 is 31.9 Å². The molecule has 0 bridgehead atoms. The van der Waals surface area contributed by atoms with Crippen LogP contribution in [0.1, 0.15) is 5.69 Å². The van der Waals surface area contributed by atoms with E-state index in [1.807, 2.05) is 6.07 Å². The van der Waals surface area contributed by atoms with Crippen LogP contribution in [0.2, 0.25) is 0 Å². The number of rotatable bonds is 1. The fourth-order valence-corrected chi connectivity index (χ4v) is 2.88. The first kappa shape index (κ1) is 11.0. The van der Waals surface area contributed by atoms with Gasteiger partial charge in [-0.2, -0.15) is 0 Å². The van der Waals surface area contributed by atoms with E-state index >= 15 is 0 Å². The molecule has 2 aromatic rings. The van der Waals surface area contributed by atoms with Crippen molar-refractivity contribution in [2.45, 2.75) is 6.92 Å². The van der Waals surface area contributed by atoms with Crippen molar-refractivity contribution in [3.8, 4) is 11.3 Å². The quantitative estimate of drug-likeness (QED) is 0.725. The molecule has 1 nitrogen and oxygen atoms in total. The number of halogens is 2.